The quantitative estimate of drug-likeness (QED) is 0.218. The number of benzene rings is 4. The number of nitrogens with one attached hydrogen (secondary N) is 1. The predicted octanol–water partition coefficient (Wildman–Crippen LogP) is 7.32. The summed E-state index contributed by atoms with van der Waals surface area (Å²) < 4.78 is 10.8. The lowest BCUT2D eigenvalue weighted by atomic mass is 10.1. The van der Waals surface area contributed by atoms with E-state index in [-0.39, 0.29) is 18.1 Å². The molecule has 3 N–H and O–H groups in total. The second-order valence-electron chi connectivity index (χ2n) is 10.5. The molecule has 0 aliphatic heterocycles. The van der Waals surface area contributed by atoms with Crippen LogP contribution in [-0.4, -0.2) is 38.2 Å². The fourth-order valence-corrected chi connectivity index (χ4v) is 4.01. The summed E-state index contributed by atoms with van der Waals surface area (Å²) in [5.74, 6) is 14.3. The molecule has 0 radical (unpaired) electrons. The van der Waals surface area contributed by atoms with E-state index in [2.05, 4.69) is 29.0 Å². The highest BCUT2D eigenvalue weighted by Gasteiger charge is 2.10. The fourth-order valence-electron chi connectivity index (χ4n) is 4.01. The number of hydrogen-bond donors (Lipinski definition) is 2. The van der Waals surface area contributed by atoms with Crippen LogP contribution in [0.2, 0.25) is 0 Å². The monoisotopic (exact) mass is 601 g/mol. The molecule has 0 bridgehead atoms. The number of amides is 2. The molecule has 6 nitrogen and oxygen atoms in total. The van der Waals surface area contributed by atoms with Gasteiger partial charge in [0.15, 0.2) is 0 Å². The molecule has 0 saturated carbocycles. The molecular weight excluding hydrogens is 558 g/mol. The Balaban J connectivity index is 0.000000251. The normalized spacial score (nSPS) is 11.2. The smallest absolute Gasteiger partial charge is 0.317 e. The average Bonchev–Trinajstić information content (AvgIpc) is 3.05. The van der Waals surface area contributed by atoms with Gasteiger partial charge >= 0.3 is 6.03 Å². The zero-order chi connectivity index (χ0) is 32.6. The van der Waals surface area contributed by atoms with Crippen LogP contribution in [0.15, 0.2) is 97.1 Å². The van der Waals surface area contributed by atoms with Gasteiger partial charge in [-0.05, 0) is 112 Å². The van der Waals surface area contributed by atoms with E-state index in [0.29, 0.717) is 13.2 Å². The number of nitrogens with two attached hydrogens (primary N) is 1. The van der Waals surface area contributed by atoms with Gasteiger partial charge in [0.05, 0.1) is 19.3 Å². The molecule has 0 fully saturated rings. The molecule has 2 atom stereocenters. The molecule has 6 heteroatoms. The van der Waals surface area contributed by atoms with Gasteiger partial charge in [-0.25, -0.2) is 4.79 Å². The summed E-state index contributed by atoms with van der Waals surface area (Å²) >= 11 is 0. The fraction of sp³-hybridized carbons (Fsp3) is 0.256. The summed E-state index contributed by atoms with van der Waals surface area (Å²) in [5, 5.41) is 2.93. The molecule has 0 aliphatic rings. The van der Waals surface area contributed by atoms with Crippen molar-refractivity contribution in [1.82, 2.24) is 10.2 Å². The lowest BCUT2D eigenvalue weighted by Crippen LogP contribution is -2.36. The number of ether oxygens (including phenoxy) is 2. The molecule has 4 aromatic rings. The molecule has 0 spiro atoms. The molecule has 2 amide bonds. The van der Waals surface area contributed by atoms with E-state index in [9.17, 15) is 4.79 Å². The first-order valence-corrected chi connectivity index (χ1v) is 15.1. The summed E-state index contributed by atoms with van der Waals surface area (Å²) in [5.41, 5.74) is 11.8. The summed E-state index contributed by atoms with van der Waals surface area (Å²) in [4.78, 5) is 13.2. The number of carbonyl (C=O) groups excluding carboxylic acids is 1. The third kappa shape index (κ3) is 11.8. The predicted molar refractivity (Wildman–Crippen MR) is 183 cm³/mol. The molecule has 0 aromatic heterocycles. The zero-order valence-corrected chi connectivity index (χ0v) is 27.1. The second-order valence-corrected chi connectivity index (χ2v) is 10.5. The van der Waals surface area contributed by atoms with Crippen LogP contribution in [0.25, 0.3) is 0 Å². The van der Waals surface area contributed by atoms with Crippen LogP contribution in [0.5, 0.6) is 11.5 Å². The highest BCUT2D eigenvalue weighted by Crippen LogP contribution is 2.15. The number of urea groups is 1. The van der Waals surface area contributed by atoms with Gasteiger partial charge in [0.2, 0.25) is 0 Å². The van der Waals surface area contributed by atoms with Crippen LogP contribution >= 0.6 is 0 Å². The van der Waals surface area contributed by atoms with Crippen LogP contribution in [0.4, 0.5) is 4.79 Å². The maximum absolute atomic E-state index is 11.7. The van der Waals surface area contributed by atoms with E-state index in [1.165, 1.54) is 4.90 Å². The Morgan fingerprint density at radius 3 is 1.29 bits per heavy atom. The Labute approximate surface area is 268 Å². The summed E-state index contributed by atoms with van der Waals surface area (Å²) in [6, 6.07) is 31.4. The van der Waals surface area contributed by atoms with Gasteiger partial charge in [0.25, 0.3) is 0 Å². The van der Waals surface area contributed by atoms with E-state index in [4.69, 9.17) is 15.2 Å². The maximum atomic E-state index is 11.7. The van der Waals surface area contributed by atoms with Crippen molar-refractivity contribution in [2.45, 2.75) is 39.8 Å². The molecule has 45 heavy (non-hydrogen) atoms. The molecule has 232 valence electrons. The SMILES string of the molecule is CCOc1ccc(C#Cc2ccc(C(C)N)cc2)cc1.CCOc1ccc(C#Cc2ccc(C(C)NC(=O)N(C)C)cc2)cc1. The average molecular weight is 602 g/mol. The summed E-state index contributed by atoms with van der Waals surface area (Å²) in [6.45, 7) is 9.20. The minimum atomic E-state index is -0.105. The summed E-state index contributed by atoms with van der Waals surface area (Å²) in [7, 11) is 3.45. The van der Waals surface area contributed by atoms with Crippen molar-refractivity contribution in [3.05, 3.63) is 130 Å². The van der Waals surface area contributed by atoms with Crippen molar-refractivity contribution in [1.29, 1.82) is 0 Å². The molecule has 2 unspecified atom stereocenters. The van der Waals surface area contributed by atoms with Gasteiger partial charge in [-0.3, -0.25) is 0 Å². The van der Waals surface area contributed by atoms with Crippen molar-refractivity contribution < 1.29 is 14.3 Å². The van der Waals surface area contributed by atoms with E-state index in [1.54, 1.807) is 14.1 Å². The Morgan fingerprint density at radius 1 is 0.644 bits per heavy atom. The molecule has 4 aromatic carbocycles. The van der Waals surface area contributed by atoms with Crippen LogP contribution in [0.1, 0.15) is 73.2 Å². The van der Waals surface area contributed by atoms with Gasteiger partial charge in [0, 0.05) is 42.4 Å². The number of nitrogens with zero attached hydrogens (tertiary/aromatic N) is 1. The highest BCUT2D eigenvalue weighted by atomic mass is 16.5. The van der Waals surface area contributed by atoms with Crippen LogP contribution in [0.3, 0.4) is 0 Å². The number of hydrogen-bond acceptors (Lipinski definition) is 4. The van der Waals surface area contributed by atoms with Crippen molar-refractivity contribution in [2.24, 2.45) is 5.73 Å². The topological polar surface area (TPSA) is 76.8 Å². The van der Waals surface area contributed by atoms with E-state index in [1.807, 2.05) is 125 Å². The van der Waals surface area contributed by atoms with Gasteiger partial charge in [-0.2, -0.15) is 0 Å². The van der Waals surface area contributed by atoms with Crippen molar-refractivity contribution in [3.63, 3.8) is 0 Å². The van der Waals surface area contributed by atoms with Crippen LogP contribution < -0.4 is 20.5 Å². The molecule has 4 rings (SSSR count). The minimum Gasteiger partial charge on any atom is -0.494 e. The Bertz CT molecular complexity index is 1600. The first-order chi connectivity index (χ1) is 21.7. The lowest BCUT2D eigenvalue weighted by Gasteiger charge is -2.18. The van der Waals surface area contributed by atoms with Gasteiger partial charge in [-0.1, -0.05) is 47.9 Å². The first-order valence-electron chi connectivity index (χ1n) is 15.1. The third-order valence-corrected chi connectivity index (χ3v) is 6.63. The number of rotatable bonds is 7. The Kier molecular flexibility index (Phi) is 13.6. The van der Waals surface area contributed by atoms with Gasteiger partial charge in [-0.15, -0.1) is 0 Å². The Hall–Kier alpha value is -5.17. The standard InChI is InChI=1S/C21H24N2O2.C18H19NO/c1-5-25-20-14-10-18(11-15-20)7-6-17-8-12-19(13-9-17)16(2)22-21(24)23(3)4;1-3-20-18-12-8-16(9-13-18)5-4-15-6-10-17(11-7-15)14(2)19/h8-16H,5H2,1-4H3,(H,22,24);6-14H,3,19H2,1-2H3. The minimum absolute atomic E-state index is 0.0528. The van der Waals surface area contributed by atoms with Crippen molar-refractivity contribution in [2.75, 3.05) is 27.3 Å². The van der Waals surface area contributed by atoms with Crippen molar-refractivity contribution in [3.8, 4) is 35.2 Å². The van der Waals surface area contributed by atoms with Gasteiger partial charge in [0.1, 0.15) is 11.5 Å². The van der Waals surface area contributed by atoms with Gasteiger partial charge < -0.3 is 25.4 Å². The Morgan fingerprint density at radius 2 is 0.978 bits per heavy atom. The van der Waals surface area contributed by atoms with E-state index >= 15 is 0 Å². The molecule has 0 saturated heterocycles. The third-order valence-electron chi connectivity index (χ3n) is 6.63. The van der Waals surface area contributed by atoms with Crippen molar-refractivity contribution >= 4 is 6.03 Å². The highest BCUT2D eigenvalue weighted by molar-refractivity contribution is 5.74. The lowest BCUT2D eigenvalue weighted by molar-refractivity contribution is 0.214. The van der Waals surface area contributed by atoms with E-state index in [0.717, 1.165) is 44.9 Å². The first kappa shape index (κ1) is 34.3. The zero-order valence-electron chi connectivity index (χ0n) is 27.1. The van der Waals surface area contributed by atoms with Crippen LogP contribution in [0, 0.1) is 23.7 Å². The van der Waals surface area contributed by atoms with Crippen LogP contribution in [-0.2, 0) is 0 Å². The molecule has 0 heterocycles. The van der Waals surface area contributed by atoms with E-state index < -0.39 is 0 Å². The molecular formula is C39H43N3O3. The molecule has 0 aliphatic carbocycles. The second kappa shape index (κ2) is 17.8. The number of carbonyl (C=O) groups is 1. The maximum Gasteiger partial charge on any atom is 0.317 e. The largest absolute Gasteiger partial charge is 0.494 e. The summed E-state index contributed by atoms with van der Waals surface area (Å²) in [6.07, 6.45) is 0.